The number of carbonyl (C=O) groups is 1. The Balaban J connectivity index is 1.65. The van der Waals surface area contributed by atoms with Crippen LogP contribution in [0.2, 0.25) is 0 Å². The zero-order valence-electron chi connectivity index (χ0n) is 13.3. The first kappa shape index (κ1) is 15.1. The van der Waals surface area contributed by atoms with Crippen LogP contribution < -0.4 is 10.1 Å². The Morgan fingerprint density at radius 1 is 1.43 bits per heavy atom. The van der Waals surface area contributed by atoms with Crippen molar-refractivity contribution >= 4 is 16.9 Å². The van der Waals surface area contributed by atoms with Crippen molar-refractivity contribution in [2.24, 2.45) is 7.05 Å². The molecule has 0 aliphatic heterocycles. The Hall–Kier alpha value is -2.83. The van der Waals surface area contributed by atoms with E-state index in [1.165, 1.54) is 0 Å². The fourth-order valence-corrected chi connectivity index (χ4v) is 2.49. The average Bonchev–Trinajstić information content (AvgIpc) is 3.12. The summed E-state index contributed by atoms with van der Waals surface area (Å²) in [6, 6.07) is 5.39. The largest absolute Gasteiger partial charge is 0.468 e. The van der Waals surface area contributed by atoms with E-state index in [2.05, 4.69) is 15.4 Å². The Kier molecular flexibility index (Phi) is 4.01. The van der Waals surface area contributed by atoms with Gasteiger partial charge in [0.1, 0.15) is 5.76 Å². The van der Waals surface area contributed by atoms with Gasteiger partial charge in [0.15, 0.2) is 12.3 Å². The third-order valence-electron chi connectivity index (χ3n) is 3.53. The zero-order chi connectivity index (χ0) is 16.4. The molecule has 3 heterocycles. The van der Waals surface area contributed by atoms with Crippen molar-refractivity contribution in [1.29, 1.82) is 0 Å². The summed E-state index contributed by atoms with van der Waals surface area (Å²) in [5.41, 5.74) is 2.69. The summed E-state index contributed by atoms with van der Waals surface area (Å²) >= 11 is 0. The molecular weight excluding hydrogens is 296 g/mol. The van der Waals surface area contributed by atoms with Crippen LogP contribution in [0.4, 0.5) is 0 Å². The number of hydrogen-bond acceptors (Lipinski definition) is 5. The third kappa shape index (κ3) is 3.18. The van der Waals surface area contributed by atoms with Gasteiger partial charge in [-0.15, -0.1) is 0 Å². The molecule has 7 nitrogen and oxygen atoms in total. The molecule has 3 rings (SSSR count). The number of aromatic nitrogens is 3. The van der Waals surface area contributed by atoms with Crippen LogP contribution in [0.25, 0.3) is 11.0 Å². The lowest BCUT2D eigenvalue weighted by Crippen LogP contribution is -2.28. The molecule has 0 aromatic carbocycles. The van der Waals surface area contributed by atoms with Gasteiger partial charge in [0.05, 0.1) is 18.5 Å². The Morgan fingerprint density at radius 2 is 2.26 bits per heavy atom. The van der Waals surface area contributed by atoms with E-state index in [0.29, 0.717) is 18.2 Å². The van der Waals surface area contributed by atoms with E-state index in [-0.39, 0.29) is 12.5 Å². The fraction of sp³-hybridized carbons (Fsp3) is 0.312. The Bertz CT molecular complexity index is 837. The van der Waals surface area contributed by atoms with Gasteiger partial charge in [0.25, 0.3) is 5.91 Å². The maximum Gasteiger partial charge on any atom is 0.258 e. The second-order valence-electron chi connectivity index (χ2n) is 5.33. The maximum absolute atomic E-state index is 11.8. The quantitative estimate of drug-likeness (QED) is 0.777. The molecule has 0 radical (unpaired) electrons. The summed E-state index contributed by atoms with van der Waals surface area (Å²) in [5, 5.41) is 8.09. The molecule has 0 bridgehead atoms. The molecule has 0 saturated heterocycles. The van der Waals surface area contributed by atoms with Gasteiger partial charge in [0.2, 0.25) is 5.88 Å². The van der Waals surface area contributed by atoms with Gasteiger partial charge in [-0.05, 0) is 31.5 Å². The van der Waals surface area contributed by atoms with Crippen LogP contribution in [0.1, 0.15) is 17.0 Å². The van der Waals surface area contributed by atoms with Gasteiger partial charge >= 0.3 is 0 Å². The lowest BCUT2D eigenvalue weighted by atomic mass is 10.2. The minimum atomic E-state index is -0.234. The molecule has 1 amide bonds. The maximum atomic E-state index is 11.8. The standard InChI is InChI=1S/C16H18N4O3/c1-10-7-14(18-16-15(10)11(2)19-20(16)3)23-9-13(21)17-8-12-5-4-6-22-12/h4-7H,8-9H2,1-3H3,(H,17,21). The van der Waals surface area contributed by atoms with Crippen molar-refractivity contribution in [3.63, 3.8) is 0 Å². The van der Waals surface area contributed by atoms with E-state index >= 15 is 0 Å². The van der Waals surface area contributed by atoms with Crippen LogP contribution in [0.5, 0.6) is 5.88 Å². The monoisotopic (exact) mass is 314 g/mol. The first-order chi connectivity index (χ1) is 11.0. The molecule has 1 N–H and O–H groups in total. The minimum Gasteiger partial charge on any atom is -0.468 e. The average molecular weight is 314 g/mol. The highest BCUT2D eigenvalue weighted by Gasteiger charge is 2.12. The molecule has 7 heteroatoms. The number of aryl methyl sites for hydroxylation is 3. The molecule has 0 spiro atoms. The Labute approximate surface area is 133 Å². The number of nitrogens with zero attached hydrogens (tertiary/aromatic N) is 3. The van der Waals surface area contributed by atoms with Gasteiger partial charge in [-0.25, -0.2) is 0 Å². The van der Waals surface area contributed by atoms with Crippen LogP contribution in [0.15, 0.2) is 28.9 Å². The number of nitrogens with one attached hydrogen (secondary N) is 1. The molecule has 0 unspecified atom stereocenters. The predicted octanol–water partition coefficient (Wildman–Crippen LogP) is 1.87. The predicted molar refractivity (Wildman–Crippen MR) is 84.0 cm³/mol. The number of fused-ring (bicyclic) bond motifs is 1. The minimum absolute atomic E-state index is 0.102. The van der Waals surface area contributed by atoms with Crippen molar-refractivity contribution in [1.82, 2.24) is 20.1 Å². The highest BCUT2D eigenvalue weighted by molar-refractivity contribution is 5.82. The lowest BCUT2D eigenvalue weighted by Gasteiger charge is -2.07. The van der Waals surface area contributed by atoms with Gasteiger partial charge < -0.3 is 14.5 Å². The number of ether oxygens (including phenoxy) is 1. The van der Waals surface area contributed by atoms with Crippen LogP contribution >= 0.6 is 0 Å². The van der Waals surface area contributed by atoms with Crippen LogP contribution in [0.3, 0.4) is 0 Å². The molecule has 120 valence electrons. The number of furan rings is 1. The molecule has 3 aromatic heterocycles. The van der Waals surface area contributed by atoms with Crippen molar-refractivity contribution in [2.45, 2.75) is 20.4 Å². The Morgan fingerprint density at radius 3 is 3.00 bits per heavy atom. The number of amides is 1. The molecule has 0 atom stereocenters. The summed E-state index contributed by atoms with van der Waals surface area (Å²) in [6.45, 7) is 4.15. The smallest absolute Gasteiger partial charge is 0.258 e. The number of carbonyl (C=O) groups excluding carboxylic acids is 1. The second kappa shape index (κ2) is 6.12. The summed E-state index contributed by atoms with van der Waals surface area (Å²) in [6.07, 6.45) is 1.57. The molecule has 0 aliphatic carbocycles. The zero-order valence-corrected chi connectivity index (χ0v) is 13.3. The van der Waals surface area contributed by atoms with E-state index in [1.54, 1.807) is 23.1 Å². The van der Waals surface area contributed by atoms with Gasteiger partial charge in [-0.1, -0.05) is 0 Å². The number of hydrogen-bond donors (Lipinski definition) is 1. The number of rotatable bonds is 5. The second-order valence-corrected chi connectivity index (χ2v) is 5.33. The van der Waals surface area contributed by atoms with E-state index in [0.717, 1.165) is 22.3 Å². The summed E-state index contributed by atoms with van der Waals surface area (Å²) in [5.74, 6) is 0.868. The molecular formula is C16H18N4O3. The van der Waals surface area contributed by atoms with Crippen LogP contribution in [-0.2, 0) is 18.4 Å². The van der Waals surface area contributed by atoms with E-state index in [1.807, 2.05) is 27.0 Å². The summed E-state index contributed by atoms with van der Waals surface area (Å²) in [7, 11) is 1.83. The highest BCUT2D eigenvalue weighted by Crippen LogP contribution is 2.23. The molecule has 0 aliphatic rings. The first-order valence-corrected chi connectivity index (χ1v) is 7.27. The van der Waals surface area contributed by atoms with Crippen molar-refractivity contribution in [2.75, 3.05) is 6.61 Å². The lowest BCUT2D eigenvalue weighted by molar-refractivity contribution is -0.123. The van der Waals surface area contributed by atoms with Gasteiger partial charge in [-0.2, -0.15) is 10.1 Å². The van der Waals surface area contributed by atoms with Crippen molar-refractivity contribution in [3.8, 4) is 5.88 Å². The normalized spacial score (nSPS) is 10.9. The van der Waals surface area contributed by atoms with Crippen LogP contribution in [-0.4, -0.2) is 27.3 Å². The molecule has 0 fully saturated rings. The van der Waals surface area contributed by atoms with E-state index in [9.17, 15) is 4.79 Å². The third-order valence-corrected chi connectivity index (χ3v) is 3.53. The summed E-state index contributed by atoms with van der Waals surface area (Å²) < 4.78 is 12.4. The number of pyridine rings is 1. The highest BCUT2D eigenvalue weighted by atomic mass is 16.5. The fourth-order valence-electron chi connectivity index (χ4n) is 2.49. The molecule has 3 aromatic rings. The van der Waals surface area contributed by atoms with Crippen LogP contribution in [0, 0.1) is 13.8 Å². The summed E-state index contributed by atoms with van der Waals surface area (Å²) in [4.78, 5) is 16.2. The van der Waals surface area contributed by atoms with E-state index in [4.69, 9.17) is 9.15 Å². The SMILES string of the molecule is Cc1cc(OCC(=O)NCc2ccco2)nc2c1c(C)nn2C. The van der Waals surface area contributed by atoms with Crippen molar-refractivity contribution in [3.05, 3.63) is 41.5 Å². The first-order valence-electron chi connectivity index (χ1n) is 7.27. The van der Waals surface area contributed by atoms with Crippen molar-refractivity contribution < 1.29 is 13.9 Å². The van der Waals surface area contributed by atoms with E-state index < -0.39 is 0 Å². The molecule has 23 heavy (non-hydrogen) atoms. The van der Waals surface area contributed by atoms with Gasteiger partial charge in [-0.3, -0.25) is 9.48 Å². The topological polar surface area (TPSA) is 82.2 Å². The molecule has 0 saturated carbocycles. The van der Waals surface area contributed by atoms with Gasteiger partial charge in [0, 0.05) is 18.5 Å².